The van der Waals surface area contributed by atoms with E-state index >= 15 is 0 Å². The summed E-state index contributed by atoms with van der Waals surface area (Å²) in [6.07, 6.45) is 93.1. The second-order valence-corrected chi connectivity index (χ2v) is 23.1. The summed E-state index contributed by atoms with van der Waals surface area (Å²) in [5, 5.41) is 0. The predicted molar refractivity (Wildman–Crippen MR) is 353 cm³/mol. The fourth-order valence-corrected chi connectivity index (χ4v) is 9.86. The SMILES string of the molecule is CC/C=C\C/C=C\C/C=C\C/C=C\C/C=C\CCCC(=O)OC(COC(=O)CCCCCCC/C=C\CCCCCCCC)COC(=O)CCCCCCCCCCCCCCCCCCCCC/C=C\C/C=C\CCCCCCC. The Morgan fingerprint density at radius 1 is 0.259 bits per heavy atom. The van der Waals surface area contributed by atoms with Crippen LogP contribution in [0.25, 0.3) is 0 Å². The number of unbranched alkanes of at least 4 members (excludes halogenated alkanes) is 36. The quantitative estimate of drug-likeness (QED) is 0.0261. The van der Waals surface area contributed by atoms with E-state index < -0.39 is 6.10 Å². The highest BCUT2D eigenvalue weighted by molar-refractivity contribution is 5.71. The molecule has 0 N–H and O–H groups in total. The van der Waals surface area contributed by atoms with Crippen molar-refractivity contribution in [3.05, 3.63) is 97.2 Å². The number of esters is 3. The molecule has 0 fully saturated rings. The first-order chi connectivity index (χ1) is 40.0. The lowest BCUT2D eigenvalue weighted by Crippen LogP contribution is -2.30. The molecule has 1 atom stereocenters. The third kappa shape index (κ3) is 67.0. The third-order valence-corrected chi connectivity index (χ3v) is 15.0. The fourth-order valence-electron chi connectivity index (χ4n) is 9.86. The molecule has 0 aromatic carbocycles. The van der Waals surface area contributed by atoms with E-state index in [9.17, 15) is 14.4 Å². The lowest BCUT2D eigenvalue weighted by atomic mass is 10.0. The summed E-state index contributed by atoms with van der Waals surface area (Å²) in [7, 11) is 0. The van der Waals surface area contributed by atoms with Crippen LogP contribution in [0.3, 0.4) is 0 Å². The number of allylic oxidation sites excluding steroid dienone is 16. The zero-order chi connectivity index (χ0) is 58.5. The standard InChI is InChI=1S/C75H130O6/c1-4-7-10-13-16-19-22-25-28-30-31-32-33-34-35-36-37-38-39-40-41-42-43-45-47-50-53-56-59-62-65-68-74(77)80-71-72(70-79-73(76)67-64-61-58-55-52-49-46-27-24-21-18-15-12-9-6-3)81-75(78)69-66-63-60-57-54-51-48-44-29-26-23-20-17-14-11-8-5-2/h8,11,17,20,22,25-27,29-31,46,48,51,57,60,72H,4-7,9-10,12-16,18-19,21,23-24,28,32-45,47,49-50,52-56,58-59,61-71H2,1-3H3/b11-8-,20-17-,25-22-,29-26-,31-30-,46-27-,51-48-,60-57-. The normalized spacial score (nSPS) is 12.7. The van der Waals surface area contributed by atoms with Gasteiger partial charge in [-0.1, -0.05) is 304 Å². The summed E-state index contributed by atoms with van der Waals surface area (Å²) >= 11 is 0. The van der Waals surface area contributed by atoms with Crippen LogP contribution in [0, 0.1) is 0 Å². The van der Waals surface area contributed by atoms with E-state index in [1.165, 1.54) is 205 Å². The van der Waals surface area contributed by atoms with E-state index in [1.807, 2.05) is 0 Å². The van der Waals surface area contributed by atoms with Gasteiger partial charge in [0.05, 0.1) is 0 Å². The zero-order valence-corrected chi connectivity index (χ0v) is 53.5. The number of carbonyl (C=O) groups excluding carboxylic acids is 3. The molecule has 0 aliphatic carbocycles. The van der Waals surface area contributed by atoms with Gasteiger partial charge in [0.1, 0.15) is 13.2 Å². The van der Waals surface area contributed by atoms with Crippen LogP contribution in [0.4, 0.5) is 0 Å². The molecule has 0 rings (SSSR count). The van der Waals surface area contributed by atoms with Gasteiger partial charge in [-0.3, -0.25) is 14.4 Å². The van der Waals surface area contributed by atoms with Crippen molar-refractivity contribution in [2.75, 3.05) is 13.2 Å². The van der Waals surface area contributed by atoms with E-state index in [0.29, 0.717) is 19.3 Å². The second kappa shape index (κ2) is 68.8. The smallest absolute Gasteiger partial charge is 0.306 e. The first kappa shape index (κ1) is 77.3. The third-order valence-electron chi connectivity index (χ3n) is 15.0. The fraction of sp³-hybridized carbons (Fsp3) is 0.747. The van der Waals surface area contributed by atoms with Gasteiger partial charge in [-0.25, -0.2) is 0 Å². The topological polar surface area (TPSA) is 78.9 Å². The Balaban J connectivity index is 4.26. The molecular formula is C75H130O6. The molecule has 0 spiro atoms. The van der Waals surface area contributed by atoms with Crippen LogP contribution >= 0.6 is 0 Å². The number of carbonyl (C=O) groups is 3. The van der Waals surface area contributed by atoms with Crippen LogP contribution in [-0.2, 0) is 28.6 Å². The molecule has 0 saturated heterocycles. The van der Waals surface area contributed by atoms with Crippen molar-refractivity contribution in [1.29, 1.82) is 0 Å². The van der Waals surface area contributed by atoms with Gasteiger partial charge >= 0.3 is 17.9 Å². The lowest BCUT2D eigenvalue weighted by Gasteiger charge is -2.18. The second-order valence-electron chi connectivity index (χ2n) is 23.1. The summed E-state index contributed by atoms with van der Waals surface area (Å²) < 4.78 is 16.9. The Kier molecular flexibility index (Phi) is 65.7. The van der Waals surface area contributed by atoms with Crippen LogP contribution < -0.4 is 0 Å². The van der Waals surface area contributed by atoms with Crippen molar-refractivity contribution in [2.45, 2.75) is 348 Å². The Morgan fingerprint density at radius 2 is 0.494 bits per heavy atom. The monoisotopic (exact) mass is 1130 g/mol. The molecule has 0 amide bonds. The van der Waals surface area contributed by atoms with Gasteiger partial charge in [0.15, 0.2) is 6.10 Å². The van der Waals surface area contributed by atoms with Crippen LogP contribution in [0.5, 0.6) is 0 Å². The predicted octanol–water partition coefficient (Wildman–Crippen LogP) is 24.0. The molecule has 0 radical (unpaired) electrons. The molecule has 0 aromatic rings. The minimum Gasteiger partial charge on any atom is -0.462 e. The highest BCUT2D eigenvalue weighted by Gasteiger charge is 2.19. The molecule has 0 saturated carbocycles. The van der Waals surface area contributed by atoms with E-state index in [4.69, 9.17) is 14.2 Å². The molecule has 0 bridgehead atoms. The van der Waals surface area contributed by atoms with Crippen molar-refractivity contribution in [1.82, 2.24) is 0 Å². The highest BCUT2D eigenvalue weighted by Crippen LogP contribution is 2.17. The molecule has 0 aliphatic rings. The number of ether oxygens (including phenoxy) is 3. The van der Waals surface area contributed by atoms with Crippen LogP contribution in [0.2, 0.25) is 0 Å². The Morgan fingerprint density at radius 3 is 0.802 bits per heavy atom. The van der Waals surface area contributed by atoms with Crippen LogP contribution in [-0.4, -0.2) is 37.2 Å². The van der Waals surface area contributed by atoms with Gasteiger partial charge in [0, 0.05) is 19.3 Å². The molecular weight excluding hydrogens is 997 g/mol. The van der Waals surface area contributed by atoms with Crippen molar-refractivity contribution >= 4 is 17.9 Å². The van der Waals surface area contributed by atoms with Crippen molar-refractivity contribution in [3.63, 3.8) is 0 Å². The molecule has 0 aliphatic heterocycles. The molecule has 466 valence electrons. The average Bonchev–Trinajstić information content (AvgIpc) is 3.47. The molecule has 6 heteroatoms. The van der Waals surface area contributed by atoms with E-state index in [2.05, 4.69) is 118 Å². The van der Waals surface area contributed by atoms with Crippen molar-refractivity contribution in [3.8, 4) is 0 Å². The largest absolute Gasteiger partial charge is 0.462 e. The molecule has 0 aromatic heterocycles. The van der Waals surface area contributed by atoms with Crippen LogP contribution in [0.15, 0.2) is 97.2 Å². The van der Waals surface area contributed by atoms with E-state index in [-0.39, 0.29) is 37.5 Å². The van der Waals surface area contributed by atoms with Gasteiger partial charge < -0.3 is 14.2 Å². The summed E-state index contributed by atoms with van der Waals surface area (Å²) in [4.78, 5) is 38.3. The number of hydrogen-bond donors (Lipinski definition) is 0. The maximum atomic E-state index is 12.9. The van der Waals surface area contributed by atoms with Gasteiger partial charge in [-0.2, -0.15) is 0 Å². The molecule has 81 heavy (non-hydrogen) atoms. The maximum Gasteiger partial charge on any atom is 0.306 e. The highest BCUT2D eigenvalue weighted by atomic mass is 16.6. The number of hydrogen-bond acceptors (Lipinski definition) is 6. The van der Waals surface area contributed by atoms with E-state index in [1.54, 1.807) is 0 Å². The summed E-state index contributed by atoms with van der Waals surface area (Å²) in [6, 6.07) is 0. The molecule has 1 unspecified atom stereocenters. The first-order valence-corrected chi connectivity index (χ1v) is 34.7. The van der Waals surface area contributed by atoms with Crippen molar-refractivity contribution < 1.29 is 28.6 Å². The summed E-state index contributed by atoms with van der Waals surface area (Å²) in [6.45, 7) is 6.49. The lowest BCUT2D eigenvalue weighted by molar-refractivity contribution is -0.167. The minimum atomic E-state index is -0.811. The van der Waals surface area contributed by atoms with Gasteiger partial charge in [-0.05, 0) is 116 Å². The van der Waals surface area contributed by atoms with E-state index in [0.717, 1.165) is 89.9 Å². The minimum absolute atomic E-state index is 0.100. The molecule has 0 heterocycles. The van der Waals surface area contributed by atoms with Gasteiger partial charge in [0.25, 0.3) is 0 Å². The van der Waals surface area contributed by atoms with Crippen molar-refractivity contribution in [2.24, 2.45) is 0 Å². The first-order valence-electron chi connectivity index (χ1n) is 34.7. The van der Waals surface area contributed by atoms with Gasteiger partial charge in [0.2, 0.25) is 0 Å². The Bertz CT molecular complexity index is 1580. The summed E-state index contributed by atoms with van der Waals surface area (Å²) in [5.74, 6) is -0.955. The van der Waals surface area contributed by atoms with Gasteiger partial charge in [-0.15, -0.1) is 0 Å². The Hall–Kier alpha value is -3.67. The van der Waals surface area contributed by atoms with Crippen LogP contribution in [0.1, 0.15) is 342 Å². The number of rotatable bonds is 63. The Labute approximate surface area is 502 Å². The summed E-state index contributed by atoms with van der Waals surface area (Å²) in [5.41, 5.74) is 0. The average molecular weight is 1130 g/mol. The zero-order valence-electron chi connectivity index (χ0n) is 53.5. The maximum absolute atomic E-state index is 12.9. The molecule has 6 nitrogen and oxygen atoms in total.